The molecule has 144 valence electrons. The van der Waals surface area contributed by atoms with Gasteiger partial charge in [-0.05, 0) is 51.7 Å². The highest BCUT2D eigenvalue weighted by molar-refractivity contribution is 6.13. The fourth-order valence-corrected chi connectivity index (χ4v) is 3.36. The number of carbonyl (C=O) groups excluding carboxylic acids is 1. The summed E-state index contributed by atoms with van der Waals surface area (Å²) in [6.07, 6.45) is 2.68. The summed E-state index contributed by atoms with van der Waals surface area (Å²) < 4.78 is 5.52. The topological polar surface area (TPSA) is 50.7 Å². The smallest absolute Gasteiger partial charge is 0.277 e. The van der Waals surface area contributed by atoms with E-state index in [0.29, 0.717) is 5.75 Å². The van der Waals surface area contributed by atoms with Crippen LogP contribution in [-0.4, -0.2) is 18.7 Å². The number of hydrogen-bond acceptors (Lipinski definition) is 3. The molecule has 0 aliphatic heterocycles. The van der Waals surface area contributed by atoms with E-state index < -0.39 is 0 Å². The van der Waals surface area contributed by atoms with Crippen LogP contribution in [0.4, 0.5) is 0 Å². The van der Waals surface area contributed by atoms with Crippen LogP contribution >= 0.6 is 0 Å². The standard InChI is InChI=1S/C25H22N2O2/c1-2-18-11-13-21(14-12-18)29-17-25(28)27-26-16-24-22-9-5-3-7-19(22)15-20-8-4-6-10-23(20)24/h3-16H,2,17H2,1H3,(H,27,28)/b26-16+. The molecule has 0 saturated heterocycles. The van der Waals surface area contributed by atoms with E-state index in [-0.39, 0.29) is 12.5 Å². The maximum atomic E-state index is 12.1. The first kappa shape index (κ1) is 18.7. The van der Waals surface area contributed by atoms with Gasteiger partial charge in [0.1, 0.15) is 5.75 Å². The van der Waals surface area contributed by atoms with Crippen LogP contribution in [0.1, 0.15) is 18.1 Å². The summed E-state index contributed by atoms with van der Waals surface area (Å²) in [5.41, 5.74) is 4.77. The van der Waals surface area contributed by atoms with Crippen molar-refractivity contribution < 1.29 is 9.53 Å². The molecule has 4 heteroatoms. The van der Waals surface area contributed by atoms with Gasteiger partial charge in [-0.15, -0.1) is 0 Å². The lowest BCUT2D eigenvalue weighted by atomic mass is 9.97. The van der Waals surface area contributed by atoms with Gasteiger partial charge in [0.2, 0.25) is 0 Å². The summed E-state index contributed by atoms with van der Waals surface area (Å²) in [5, 5.41) is 8.64. The highest BCUT2D eigenvalue weighted by atomic mass is 16.5. The number of ether oxygens (including phenoxy) is 1. The molecule has 0 fully saturated rings. The second-order valence-electron chi connectivity index (χ2n) is 6.81. The molecule has 0 aliphatic rings. The molecule has 0 spiro atoms. The van der Waals surface area contributed by atoms with E-state index in [2.05, 4.69) is 47.8 Å². The monoisotopic (exact) mass is 382 g/mol. The van der Waals surface area contributed by atoms with E-state index in [0.717, 1.165) is 33.5 Å². The Morgan fingerprint density at radius 1 is 0.931 bits per heavy atom. The summed E-state index contributed by atoms with van der Waals surface area (Å²) in [4.78, 5) is 12.1. The Hall–Kier alpha value is -3.66. The van der Waals surface area contributed by atoms with Crippen molar-refractivity contribution >= 4 is 33.7 Å². The molecule has 29 heavy (non-hydrogen) atoms. The third kappa shape index (κ3) is 4.27. The molecule has 0 saturated carbocycles. The van der Waals surface area contributed by atoms with Crippen LogP contribution in [0.3, 0.4) is 0 Å². The average Bonchev–Trinajstić information content (AvgIpc) is 2.77. The molecule has 4 rings (SSSR count). The van der Waals surface area contributed by atoms with E-state index in [1.165, 1.54) is 5.56 Å². The number of rotatable bonds is 6. The number of carbonyl (C=O) groups is 1. The van der Waals surface area contributed by atoms with Gasteiger partial charge in [0.25, 0.3) is 5.91 Å². The minimum atomic E-state index is -0.301. The molecule has 4 aromatic carbocycles. The highest BCUT2D eigenvalue weighted by Gasteiger charge is 2.06. The first-order valence-corrected chi connectivity index (χ1v) is 9.69. The van der Waals surface area contributed by atoms with Crippen molar-refractivity contribution in [3.8, 4) is 5.75 Å². The molecule has 0 radical (unpaired) electrons. The number of nitrogens with zero attached hydrogens (tertiary/aromatic N) is 1. The first-order chi connectivity index (χ1) is 14.2. The number of benzene rings is 4. The largest absolute Gasteiger partial charge is 0.484 e. The quantitative estimate of drug-likeness (QED) is 0.287. The van der Waals surface area contributed by atoms with Gasteiger partial charge in [-0.3, -0.25) is 4.79 Å². The van der Waals surface area contributed by atoms with Crippen molar-refractivity contribution in [2.24, 2.45) is 5.10 Å². The lowest BCUT2D eigenvalue weighted by Gasteiger charge is -2.08. The maximum absolute atomic E-state index is 12.1. The Morgan fingerprint density at radius 2 is 1.55 bits per heavy atom. The van der Waals surface area contributed by atoms with Gasteiger partial charge in [-0.1, -0.05) is 67.6 Å². The summed E-state index contributed by atoms with van der Waals surface area (Å²) in [7, 11) is 0. The first-order valence-electron chi connectivity index (χ1n) is 9.69. The average molecular weight is 382 g/mol. The van der Waals surface area contributed by atoms with Crippen molar-refractivity contribution in [2.45, 2.75) is 13.3 Å². The van der Waals surface area contributed by atoms with Crippen LogP contribution in [0.15, 0.2) is 84.0 Å². The Balaban J connectivity index is 1.48. The van der Waals surface area contributed by atoms with Crippen molar-refractivity contribution in [1.29, 1.82) is 0 Å². The molecule has 0 aliphatic carbocycles. The van der Waals surface area contributed by atoms with Crippen LogP contribution in [0, 0.1) is 0 Å². The van der Waals surface area contributed by atoms with Gasteiger partial charge >= 0.3 is 0 Å². The zero-order valence-corrected chi connectivity index (χ0v) is 16.3. The SMILES string of the molecule is CCc1ccc(OCC(=O)N/N=C/c2c3ccccc3cc3ccccc23)cc1. The van der Waals surface area contributed by atoms with Gasteiger partial charge in [0.05, 0.1) is 6.21 Å². The maximum Gasteiger partial charge on any atom is 0.277 e. The molecule has 0 heterocycles. The molecule has 0 atom stereocenters. The van der Waals surface area contributed by atoms with E-state index >= 15 is 0 Å². The fraction of sp³-hybridized carbons (Fsp3) is 0.120. The van der Waals surface area contributed by atoms with Gasteiger partial charge in [-0.2, -0.15) is 5.10 Å². The zero-order valence-electron chi connectivity index (χ0n) is 16.3. The number of hydrogen-bond donors (Lipinski definition) is 1. The highest BCUT2D eigenvalue weighted by Crippen LogP contribution is 2.27. The normalized spacial score (nSPS) is 11.2. The third-order valence-electron chi connectivity index (χ3n) is 4.90. The van der Waals surface area contributed by atoms with Gasteiger partial charge in [-0.25, -0.2) is 5.43 Å². The molecular weight excluding hydrogens is 360 g/mol. The number of aryl methyl sites for hydroxylation is 1. The van der Waals surface area contributed by atoms with Crippen LogP contribution in [0.5, 0.6) is 5.75 Å². The van der Waals surface area contributed by atoms with E-state index in [1.807, 2.05) is 48.5 Å². The molecule has 4 nitrogen and oxygen atoms in total. The minimum Gasteiger partial charge on any atom is -0.484 e. The van der Waals surface area contributed by atoms with E-state index in [9.17, 15) is 4.79 Å². The van der Waals surface area contributed by atoms with Crippen LogP contribution in [0.25, 0.3) is 21.5 Å². The third-order valence-corrected chi connectivity index (χ3v) is 4.90. The molecule has 0 bridgehead atoms. The van der Waals surface area contributed by atoms with Crippen LogP contribution in [0.2, 0.25) is 0 Å². The second-order valence-corrected chi connectivity index (χ2v) is 6.81. The van der Waals surface area contributed by atoms with Crippen molar-refractivity contribution in [3.05, 3.63) is 90.0 Å². The Kier molecular flexibility index (Phi) is 5.52. The lowest BCUT2D eigenvalue weighted by molar-refractivity contribution is -0.123. The molecule has 0 unspecified atom stereocenters. The summed E-state index contributed by atoms with van der Waals surface area (Å²) in [5.74, 6) is 0.367. The molecule has 0 aromatic heterocycles. The van der Waals surface area contributed by atoms with E-state index in [4.69, 9.17) is 4.74 Å². The Labute approximate surface area is 169 Å². The zero-order chi connectivity index (χ0) is 20.1. The minimum absolute atomic E-state index is 0.0842. The number of fused-ring (bicyclic) bond motifs is 2. The van der Waals surface area contributed by atoms with Crippen molar-refractivity contribution in [1.82, 2.24) is 5.43 Å². The van der Waals surface area contributed by atoms with Crippen molar-refractivity contribution in [2.75, 3.05) is 6.61 Å². The number of nitrogens with one attached hydrogen (secondary N) is 1. The fourth-order valence-electron chi connectivity index (χ4n) is 3.36. The lowest BCUT2D eigenvalue weighted by Crippen LogP contribution is -2.24. The summed E-state index contributed by atoms with van der Waals surface area (Å²) >= 11 is 0. The molecular formula is C25H22N2O2. The van der Waals surface area contributed by atoms with Gasteiger partial charge in [0, 0.05) is 5.56 Å². The predicted octanol–water partition coefficient (Wildman–Crippen LogP) is 5.08. The molecule has 1 N–H and O–H groups in total. The van der Waals surface area contributed by atoms with Gasteiger partial charge in [0.15, 0.2) is 6.61 Å². The Morgan fingerprint density at radius 3 is 2.17 bits per heavy atom. The van der Waals surface area contributed by atoms with Crippen LogP contribution in [-0.2, 0) is 11.2 Å². The number of hydrazone groups is 1. The number of amides is 1. The van der Waals surface area contributed by atoms with E-state index in [1.54, 1.807) is 6.21 Å². The summed E-state index contributed by atoms with van der Waals surface area (Å²) in [6.45, 7) is 2.01. The van der Waals surface area contributed by atoms with Crippen LogP contribution < -0.4 is 10.2 Å². The van der Waals surface area contributed by atoms with Crippen molar-refractivity contribution in [3.63, 3.8) is 0 Å². The predicted molar refractivity (Wildman–Crippen MR) is 119 cm³/mol. The Bertz CT molecular complexity index is 1130. The molecule has 4 aromatic rings. The molecule has 1 amide bonds. The van der Waals surface area contributed by atoms with Gasteiger partial charge < -0.3 is 4.74 Å². The second kappa shape index (κ2) is 8.57. The summed E-state index contributed by atoms with van der Waals surface area (Å²) in [6, 6.07) is 26.2.